The first-order chi connectivity index (χ1) is 21.7. The van der Waals surface area contributed by atoms with E-state index in [0.717, 1.165) is 0 Å². The average Bonchev–Trinajstić information content (AvgIpc) is 3.65. The normalized spacial score (nSPS) is 21.0. The first-order valence-corrected chi connectivity index (χ1v) is 15.0. The van der Waals surface area contributed by atoms with Gasteiger partial charge in [-0.3, -0.25) is 14.7 Å². The Morgan fingerprint density at radius 2 is 1.64 bits per heavy atom. The van der Waals surface area contributed by atoms with Crippen molar-refractivity contribution >= 4 is 60.6 Å². The van der Waals surface area contributed by atoms with Gasteiger partial charge in [0.05, 0.1) is 17.3 Å². The molecular formula is C31H22Br2N4O8. The second kappa shape index (κ2) is 12.5. The first kappa shape index (κ1) is 30.5. The number of nitrogens with one attached hydrogen (secondary N) is 2. The number of ketones is 1. The van der Waals surface area contributed by atoms with Crippen molar-refractivity contribution in [1.29, 1.82) is 0 Å². The van der Waals surface area contributed by atoms with Gasteiger partial charge >= 0.3 is 11.9 Å². The molecule has 12 nitrogen and oxygen atoms in total. The molecule has 3 N–H and O–H groups in total. The maximum Gasteiger partial charge on any atom is 0.339 e. The van der Waals surface area contributed by atoms with Crippen LogP contribution >= 0.6 is 31.9 Å². The summed E-state index contributed by atoms with van der Waals surface area (Å²) in [4.78, 5) is 60.5. The summed E-state index contributed by atoms with van der Waals surface area (Å²) in [5, 5.41) is 19.0. The number of carbonyl (C=O) groups excluding carboxylic acids is 3. The predicted octanol–water partition coefficient (Wildman–Crippen LogP) is 4.31. The number of benzene rings is 3. The zero-order chi connectivity index (χ0) is 31.7. The van der Waals surface area contributed by atoms with Crippen molar-refractivity contribution in [2.45, 2.75) is 23.9 Å². The van der Waals surface area contributed by atoms with E-state index in [1.54, 1.807) is 54.6 Å². The molecule has 3 heterocycles. The van der Waals surface area contributed by atoms with Crippen LogP contribution in [0.2, 0.25) is 0 Å². The van der Waals surface area contributed by atoms with Crippen LogP contribution < -0.4 is 5.56 Å². The summed E-state index contributed by atoms with van der Waals surface area (Å²) < 4.78 is 18.6. The Balaban J connectivity index is 1.44. The number of nitrogens with zero attached hydrogens (tertiary/aromatic N) is 2. The number of esters is 2. The van der Waals surface area contributed by atoms with Crippen LogP contribution in [0.5, 0.6) is 0 Å². The lowest BCUT2D eigenvalue weighted by Gasteiger charge is -2.31. The monoisotopic (exact) mass is 736 g/mol. The number of aromatic nitrogens is 4. The standard InChI is InChI=1S/C31H22Br2N4O8/c32-18-11-12-21(33)19(13-18)30(41)43-15-22-24(45-29(40)17-9-5-2-6-10-17)31(42,23(38)16-7-3-1-4-8-16)25(44-22)27-35-26-20(14-34-37-26)28(39)36-27/h1-14,22,24-25,42H,15H2,(H2,34,35,36,37,39)/t22-,24-,25+,31-/m0/s1. The van der Waals surface area contributed by atoms with E-state index >= 15 is 0 Å². The number of aliphatic hydroxyl groups is 1. The number of ether oxygens (including phenoxy) is 3. The second-order valence-electron chi connectivity index (χ2n) is 10.1. The molecule has 14 heteroatoms. The smallest absolute Gasteiger partial charge is 0.339 e. The van der Waals surface area contributed by atoms with E-state index in [4.69, 9.17) is 14.2 Å². The zero-order valence-electron chi connectivity index (χ0n) is 23.0. The van der Waals surface area contributed by atoms with Crippen molar-refractivity contribution in [2.24, 2.45) is 0 Å². The van der Waals surface area contributed by atoms with E-state index in [2.05, 4.69) is 52.0 Å². The Bertz CT molecular complexity index is 1970. The van der Waals surface area contributed by atoms with Crippen LogP contribution in [0.1, 0.15) is 43.0 Å². The Labute approximate surface area is 271 Å². The van der Waals surface area contributed by atoms with E-state index in [9.17, 15) is 24.3 Å². The minimum atomic E-state index is -2.65. The van der Waals surface area contributed by atoms with Crippen LogP contribution in [0.4, 0.5) is 0 Å². The number of aromatic amines is 2. The molecule has 0 radical (unpaired) electrons. The van der Waals surface area contributed by atoms with Crippen LogP contribution in [-0.2, 0) is 14.2 Å². The van der Waals surface area contributed by atoms with Crippen molar-refractivity contribution in [3.63, 3.8) is 0 Å². The number of Topliss-reactive ketones (excluding diaryl/α,β-unsaturated/α-hetero) is 1. The summed E-state index contributed by atoms with van der Waals surface area (Å²) in [6, 6.07) is 20.7. The van der Waals surface area contributed by atoms with E-state index < -0.39 is 53.8 Å². The molecule has 5 aromatic rings. The lowest BCUT2D eigenvalue weighted by molar-refractivity contribution is -0.0641. The highest BCUT2D eigenvalue weighted by atomic mass is 79.9. The van der Waals surface area contributed by atoms with Gasteiger partial charge in [-0.1, -0.05) is 64.5 Å². The number of rotatable bonds is 8. The molecule has 6 rings (SSSR count). The summed E-state index contributed by atoms with van der Waals surface area (Å²) in [7, 11) is 0. The number of hydrogen-bond donors (Lipinski definition) is 3. The molecule has 0 bridgehead atoms. The molecule has 2 aromatic heterocycles. The molecule has 4 atom stereocenters. The van der Waals surface area contributed by atoms with Crippen molar-refractivity contribution in [2.75, 3.05) is 6.61 Å². The van der Waals surface area contributed by atoms with Crippen molar-refractivity contribution in [1.82, 2.24) is 20.2 Å². The zero-order valence-corrected chi connectivity index (χ0v) is 26.1. The Hall–Kier alpha value is -4.50. The maximum atomic E-state index is 14.2. The molecule has 3 aromatic carbocycles. The summed E-state index contributed by atoms with van der Waals surface area (Å²) in [5.74, 6) is -2.75. The van der Waals surface area contributed by atoms with Gasteiger partial charge in [-0.25, -0.2) is 14.6 Å². The number of carbonyl (C=O) groups is 3. The van der Waals surface area contributed by atoms with Crippen LogP contribution in [0.25, 0.3) is 11.0 Å². The molecule has 0 aliphatic carbocycles. The van der Waals surface area contributed by atoms with Gasteiger partial charge in [0.15, 0.2) is 17.9 Å². The third kappa shape index (κ3) is 5.84. The molecule has 228 valence electrons. The molecule has 1 aliphatic rings. The number of H-pyrrole nitrogens is 2. The van der Waals surface area contributed by atoms with Crippen LogP contribution in [0.3, 0.4) is 0 Å². The first-order valence-electron chi connectivity index (χ1n) is 13.5. The van der Waals surface area contributed by atoms with Gasteiger partial charge in [-0.15, -0.1) is 0 Å². The van der Waals surface area contributed by atoms with E-state index in [1.807, 2.05) is 0 Å². The summed E-state index contributed by atoms with van der Waals surface area (Å²) in [5.41, 5.74) is -2.82. The van der Waals surface area contributed by atoms with Gasteiger partial charge in [0, 0.05) is 14.5 Å². The molecule has 1 aliphatic heterocycles. The lowest BCUT2D eigenvalue weighted by Crippen LogP contribution is -2.54. The number of hydrogen-bond acceptors (Lipinski definition) is 10. The van der Waals surface area contributed by atoms with Gasteiger partial charge in [-0.05, 0) is 46.3 Å². The van der Waals surface area contributed by atoms with Crippen molar-refractivity contribution in [3.8, 4) is 0 Å². The largest absolute Gasteiger partial charge is 0.459 e. The Kier molecular flexibility index (Phi) is 8.46. The van der Waals surface area contributed by atoms with E-state index in [0.29, 0.717) is 8.95 Å². The lowest BCUT2D eigenvalue weighted by atomic mass is 9.82. The number of halogens is 2. The van der Waals surface area contributed by atoms with Gasteiger partial charge < -0.3 is 24.3 Å². The van der Waals surface area contributed by atoms with Crippen LogP contribution in [0.15, 0.2) is 98.8 Å². The summed E-state index contributed by atoms with van der Waals surface area (Å²) in [6.07, 6.45) is -3.53. The van der Waals surface area contributed by atoms with Crippen molar-refractivity contribution < 1.29 is 33.7 Å². The molecular weight excluding hydrogens is 716 g/mol. The molecule has 0 amide bonds. The molecule has 45 heavy (non-hydrogen) atoms. The van der Waals surface area contributed by atoms with Gasteiger partial charge in [-0.2, -0.15) is 5.10 Å². The van der Waals surface area contributed by atoms with Gasteiger partial charge in [0.2, 0.25) is 11.4 Å². The molecule has 0 saturated carbocycles. The quantitative estimate of drug-likeness (QED) is 0.154. The molecule has 0 unspecified atom stereocenters. The minimum absolute atomic E-state index is 0.0648. The topological polar surface area (TPSA) is 174 Å². The Morgan fingerprint density at radius 1 is 0.956 bits per heavy atom. The predicted molar refractivity (Wildman–Crippen MR) is 166 cm³/mol. The number of fused-ring (bicyclic) bond motifs is 1. The maximum absolute atomic E-state index is 14.2. The fourth-order valence-corrected chi connectivity index (χ4v) is 5.82. The fourth-order valence-electron chi connectivity index (χ4n) is 5.05. The fraction of sp³-hybridized carbons (Fsp3) is 0.161. The van der Waals surface area contributed by atoms with Crippen molar-refractivity contribution in [3.05, 3.63) is 127 Å². The molecule has 1 fully saturated rings. The highest BCUT2D eigenvalue weighted by Crippen LogP contribution is 2.45. The van der Waals surface area contributed by atoms with Crippen LogP contribution in [-0.4, -0.2) is 67.4 Å². The third-order valence-corrected chi connectivity index (χ3v) is 8.42. The molecule has 0 spiro atoms. The molecule has 1 saturated heterocycles. The minimum Gasteiger partial charge on any atom is -0.459 e. The van der Waals surface area contributed by atoms with E-state index in [1.165, 1.54) is 30.5 Å². The van der Waals surface area contributed by atoms with Crippen LogP contribution in [0, 0.1) is 0 Å². The Morgan fingerprint density at radius 3 is 2.36 bits per heavy atom. The SMILES string of the molecule is O=C(O[C@H]1[C@H](COC(=O)c2cc(Br)ccc2Br)O[C@H](c2nc3[nH]ncc3c(=O)[nH]2)[C@]1(O)C(=O)c1ccccc1)c1ccccc1. The summed E-state index contributed by atoms with van der Waals surface area (Å²) in [6.45, 7) is -0.554. The average molecular weight is 738 g/mol. The highest BCUT2D eigenvalue weighted by Gasteiger charge is 2.64. The highest BCUT2D eigenvalue weighted by molar-refractivity contribution is 9.11. The van der Waals surface area contributed by atoms with Gasteiger partial charge in [0.1, 0.15) is 23.9 Å². The second-order valence-corrected chi connectivity index (χ2v) is 11.8. The third-order valence-electron chi connectivity index (χ3n) is 7.24. The van der Waals surface area contributed by atoms with Gasteiger partial charge in [0.25, 0.3) is 5.56 Å². The summed E-state index contributed by atoms with van der Waals surface area (Å²) >= 11 is 6.65. The van der Waals surface area contributed by atoms with E-state index in [-0.39, 0.29) is 33.5 Å².